The third-order valence-corrected chi connectivity index (χ3v) is 3.53. The highest BCUT2D eigenvalue weighted by Gasteiger charge is 2.22. The molecule has 0 aromatic heterocycles. The monoisotopic (exact) mass is 242 g/mol. The van der Waals surface area contributed by atoms with Crippen molar-refractivity contribution in [1.82, 2.24) is 5.32 Å². The van der Waals surface area contributed by atoms with Gasteiger partial charge in [-0.1, -0.05) is 17.7 Å². The van der Waals surface area contributed by atoms with Crippen molar-refractivity contribution in [2.75, 3.05) is 13.1 Å². The second-order valence-corrected chi connectivity index (χ2v) is 4.69. The Kier molecular flexibility index (Phi) is 3.79. The Hall–Kier alpha value is -0.640. The van der Waals surface area contributed by atoms with Crippen molar-refractivity contribution in [1.29, 1.82) is 0 Å². The normalized spacial score (nSPS) is 19.7. The van der Waals surface area contributed by atoms with Crippen molar-refractivity contribution in [3.05, 3.63) is 34.6 Å². The molecule has 1 aromatic rings. The number of benzene rings is 1. The molecule has 1 heterocycles. The number of nitrogens with one attached hydrogen (secondary N) is 1. The predicted octanol–water partition coefficient (Wildman–Crippen LogP) is 2.48. The van der Waals surface area contributed by atoms with E-state index in [1.807, 2.05) is 6.07 Å². The molecule has 0 unspecified atom stereocenters. The van der Waals surface area contributed by atoms with Gasteiger partial charge >= 0.3 is 0 Å². The van der Waals surface area contributed by atoms with Crippen molar-refractivity contribution >= 4 is 11.6 Å². The Morgan fingerprint density at radius 1 is 1.38 bits per heavy atom. The van der Waals surface area contributed by atoms with Crippen LogP contribution in [-0.4, -0.2) is 13.1 Å². The van der Waals surface area contributed by atoms with Crippen molar-refractivity contribution < 1.29 is 4.39 Å². The van der Waals surface area contributed by atoms with Crippen LogP contribution in [0.25, 0.3) is 0 Å². The van der Waals surface area contributed by atoms with Gasteiger partial charge in [0.25, 0.3) is 0 Å². The quantitative estimate of drug-likeness (QED) is 0.836. The second kappa shape index (κ2) is 5.13. The van der Waals surface area contributed by atoms with E-state index in [9.17, 15) is 4.39 Å². The van der Waals surface area contributed by atoms with E-state index in [0.29, 0.717) is 5.92 Å². The van der Waals surface area contributed by atoms with Crippen LogP contribution >= 0.6 is 11.6 Å². The molecule has 1 atom stereocenters. The SMILES string of the molecule is N[C@@H](c1ccc(Cl)c(F)c1)C1CCNCC1. The van der Waals surface area contributed by atoms with Gasteiger partial charge in [0, 0.05) is 6.04 Å². The first-order chi connectivity index (χ1) is 7.68. The summed E-state index contributed by atoms with van der Waals surface area (Å²) >= 11 is 5.65. The zero-order valence-corrected chi connectivity index (χ0v) is 9.80. The van der Waals surface area contributed by atoms with Crippen molar-refractivity contribution in [2.45, 2.75) is 18.9 Å². The minimum Gasteiger partial charge on any atom is -0.324 e. The minimum absolute atomic E-state index is 0.0890. The maximum Gasteiger partial charge on any atom is 0.142 e. The zero-order valence-electron chi connectivity index (χ0n) is 9.05. The molecule has 1 aliphatic heterocycles. The van der Waals surface area contributed by atoms with Crippen molar-refractivity contribution in [3.8, 4) is 0 Å². The van der Waals surface area contributed by atoms with Gasteiger partial charge < -0.3 is 11.1 Å². The Labute approximate surface area is 100.0 Å². The predicted molar refractivity (Wildman–Crippen MR) is 63.9 cm³/mol. The lowest BCUT2D eigenvalue weighted by molar-refractivity contribution is 0.321. The Bertz CT molecular complexity index is 364. The molecule has 0 spiro atoms. The molecule has 2 nitrogen and oxygen atoms in total. The van der Waals surface area contributed by atoms with Gasteiger partial charge in [-0.2, -0.15) is 0 Å². The molecule has 0 radical (unpaired) electrons. The maximum absolute atomic E-state index is 13.3. The number of halogens is 2. The lowest BCUT2D eigenvalue weighted by Gasteiger charge is -2.28. The number of hydrogen-bond acceptors (Lipinski definition) is 2. The molecule has 3 N–H and O–H groups in total. The van der Waals surface area contributed by atoms with E-state index in [4.69, 9.17) is 17.3 Å². The van der Waals surface area contributed by atoms with E-state index in [1.165, 1.54) is 6.07 Å². The van der Waals surface area contributed by atoms with Gasteiger partial charge in [0.2, 0.25) is 0 Å². The summed E-state index contributed by atoms with van der Waals surface area (Å²) < 4.78 is 13.3. The standard InChI is InChI=1S/C12H16ClFN2/c13-10-2-1-9(7-11(10)14)12(15)8-3-5-16-6-4-8/h1-2,7-8,12,16H,3-6,15H2/t12-/m1/s1. The summed E-state index contributed by atoms with van der Waals surface area (Å²) in [5.41, 5.74) is 6.99. The molecule has 16 heavy (non-hydrogen) atoms. The van der Waals surface area contributed by atoms with Crippen LogP contribution in [0, 0.1) is 11.7 Å². The summed E-state index contributed by atoms with van der Waals surface area (Å²) in [5, 5.41) is 3.44. The Balaban J connectivity index is 2.12. The van der Waals surface area contributed by atoms with Crippen molar-refractivity contribution in [3.63, 3.8) is 0 Å². The molecule has 2 rings (SSSR count). The lowest BCUT2D eigenvalue weighted by Crippen LogP contribution is -2.33. The Morgan fingerprint density at radius 2 is 2.06 bits per heavy atom. The number of rotatable bonds is 2. The molecule has 4 heteroatoms. The van der Waals surface area contributed by atoms with Gasteiger partial charge in [0.1, 0.15) is 5.82 Å². The average Bonchev–Trinajstić information content (AvgIpc) is 2.33. The van der Waals surface area contributed by atoms with Crippen molar-refractivity contribution in [2.24, 2.45) is 11.7 Å². The van der Waals surface area contributed by atoms with Crippen LogP contribution < -0.4 is 11.1 Å². The fourth-order valence-corrected chi connectivity index (χ4v) is 2.31. The lowest BCUT2D eigenvalue weighted by atomic mass is 9.86. The smallest absolute Gasteiger partial charge is 0.142 e. The summed E-state index contributed by atoms with van der Waals surface area (Å²) in [6, 6.07) is 4.76. The van der Waals surface area contributed by atoms with E-state index in [1.54, 1.807) is 6.07 Å². The zero-order chi connectivity index (χ0) is 11.5. The minimum atomic E-state index is -0.386. The van der Waals surface area contributed by atoms with E-state index in [-0.39, 0.29) is 16.9 Å². The molecule has 0 aliphatic carbocycles. The molecule has 88 valence electrons. The van der Waals surface area contributed by atoms with Crippen LogP contribution in [-0.2, 0) is 0 Å². The number of nitrogens with two attached hydrogens (primary N) is 1. The van der Waals surface area contributed by atoms with Crippen LogP contribution in [0.3, 0.4) is 0 Å². The third kappa shape index (κ3) is 2.54. The largest absolute Gasteiger partial charge is 0.324 e. The molecule has 0 amide bonds. The third-order valence-electron chi connectivity index (χ3n) is 3.22. The van der Waals surface area contributed by atoms with Crippen LogP contribution in [0.4, 0.5) is 4.39 Å². The Morgan fingerprint density at radius 3 is 2.69 bits per heavy atom. The molecular formula is C12H16ClFN2. The van der Waals surface area contributed by atoms with Crippen LogP contribution in [0.5, 0.6) is 0 Å². The fourth-order valence-electron chi connectivity index (χ4n) is 2.20. The first kappa shape index (κ1) is 11.8. The highest BCUT2D eigenvalue weighted by atomic mass is 35.5. The topological polar surface area (TPSA) is 38.0 Å². The van der Waals surface area contributed by atoms with E-state index in [0.717, 1.165) is 31.5 Å². The second-order valence-electron chi connectivity index (χ2n) is 4.29. The van der Waals surface area contributed by atoms with Gasteiger partial charge in [-0.15, -0.1) is 0 Å². The van der Waals surface area contributed by atoms with E-state index < -0.39 is 0 Å². The molecule has 0 bridgehead atoms. The van der Waals surface area contributed by atoms with Gasteiger partial charge in [-0.3, -0.25) is 0 Å². The summed E-state index contributed by atoms with van der Waals surface area (Å²) in [6.45, 7) is 1.99. The first-order valence-corrected chi connectivity index (χ1v) is 5.97. The summed E-state index contributed by atoms with van der Waals surface area (Å²) in [5.74, 6) is 0.0466. The summed E-state index contributed by atoms with van der Waals surface area (Å²) in [6.07, 6.45) is 2.09. The van der Waals surface area contributed by atoms with E-state index in [2.05, 4.69) is 5.32 Å². The van der Waals surface area contributed by atoms with Crippen LogP contribution in [0.15, 0.2) is 18.2 Å². The number of piperidine rings is 1. The molecule has 0 saturated carbocycles. The summed E-state index contributed by atoms with van der Waals surface area (Å²) in [7, 11) is 0. The fraction of sp³-hybridized carbons (Fsp3) is 0.500. The van der Waals surface area contributed by atoms with Crippen LogP contribution in [0.1, 0.15) is 24.4 Å². The van der Waals surface area contributed by atoms with Gasteiger partial charge in [-0.05, 0) is 49.5 Å². The molecule has 1 fully saturated rings. The maximum atomic E-state index is 13.3. The molecular weight excluding hydrogens is 227 g/mol. The van der Waals surface area contributed by atoms with Gasteiger partial charge in [-0.25, -0.2) is 4.39 Å². The molecule has 1 aliphatic rings. The average molecular weight is 243 g/mol. The molecule has 1 aromatic carbocycles. The highest BCUT2D eigenvalue weighted by Crippen LogP contribution is 2.28. The number of hydrogen-bond donors (Lipinski definition) is 2. The van der Waals surface area contributed by atoms with Crippen LogP contribution in [0.2, 0.25) is 5.02 Å². The first-order valence-electron chi connectivity index (χ1n) is 5.59. The summed E-state index contributed by atoms with van der Waals surface area (Å²) in [4.78, 5) is 0. The van der Waals surface area contributed by atoms with Gasteiger partial charge in [0.05, 0.1) is 5.02 Å². The molecule has 1 saturated heterocycles. The highest BCUT2D eigenvalue weighted by molar-refractivity contribution is 6.30. The van der Waals surface area contributed by atoms with E-state index >= 15 is 0 Å². The van der Waals surface area contributed by atoms with Gasteiger partial charge in [0.15, 0.2) is 0 Å².